The smallest absolute Gasteiger partial charge is 0.0933 e. The van der Waals surface area contributed by atoms with Gasteiger partial charge in [-0.1, -0.05) is 12.8 Å². The molecule has 0 spiro atoms. The standard InChI is InChI=1S/C15H29NO3/c1-13-12-19-15(11-17)10-16(13)7-3-2-4-14-5-8-18-9-6-14/h13-15,17H,2-12H2,1H3/t13-,15-/m1/s1. The van der Waals surface area contributed by atoms with Crippen LogP contribution in [0, 0.1) is 5.92 Å². The zero-order valence-electron chi connectivity index (χ0n) is 12.2. The SMILES string of the molecule is C[C@@H]1CO[C@@H](CO)CN1CCCCC1CCOCC1. The quantitative estimate of drug-likeness (QED) is 0.746. The van der Waals surface area contributed by atoms with Gasteiger partial charge in [-0.05, 0) is 38.6 Å². The van der Waals surface area contributed by atoms with E-state index in [1.807, 2.05) is 0 Å². The zero-order chi connectivity index (χ0) is 13.5. The molecule has 2 rings (SSSR count). The number of aliphatic hydroxyl groups excluding tert-OH is 1. The second-order valence-corrected chi connectivity index (χ2v) is 6.03. The summed E-state index contributed by atoms with van der Waals surface area (Å²) in [5.41, 5.74) is 0. The lowest BCUT2D eigenvalue weighted by molar-refractivity contribution is -0.0780. The first kappa shape index (κ1) is 15.2. The van der Waals surface area contributed by atoms with E-state index in [4.69, 9.17) is 9.47 Å². The molecule has 2 aliphatic rings. The number of aliphatic hydroxyl groups is 1. The summed E-state index contributed by atoms with van der Waals surface area (Å²) in [6.45, 7) is 7.06. The third-order valence-corrected chi connectivity index (χ3v) is 4.49. The van der Waals surface area contributed by atoms with Gasteiger partial charge in [-0.25, -0.2) is 0 Å². The van der Waals surface area contributed by atoms with E-state index in [9.17, 15) is 5.11 Å². The number of rotatable bonds is 6. The van der Waals surface area contributed by atoms with Crippen LogP contribution in [0.25, 0.3) is 0 Å². The lowest BCUT2D eigenvalue weighted by atomic mass is 9.94. The largest absolute Gasteiger partial charge is 0.394 e. The first-order valence-electron chi connectivity index (χ1n) is 7.84. The highest BCUT2D eigenvalue weighted by Crippen LogP contribution is 2.21. The van der Waals surface area contributed by atoms with E-state index in [0.29, 0.717) is 6.04 Å². The van der Waals surface area contributed by atoms with Crippen molar-refractivity contribution < 1.29 is 14.6 Å². The molecule has 2 saturated heterocycles. The fourth-order valence-corrected chi connectivity index (χ4v) is 3.08. The Labute approximate surface area is 117 Å². The van der Waals surface area contributed by atoms with Crippen LogP contribution in [0.4, 0.5) is 0 Å². The van der Waals surface area contributed by atoms with Gasteiger partial charge in [0.1, 0.15) is 0 Å². The van der Waals surface area contributed by atoms with Crippen molar-refractivity contribution in [2.75, 3.05) is 39.5 Å². The monoisotopic (exact) mass is 271 g/mol. The van der Waals surface area contributed by atoms with E-state index in [2.05, 4.69) is 11.8 Å². The topological polar surface area (TPSA) is 41.9 Å². The lowest BCUT2D eigenvalue weighted by Crippen LogP contribution is -2.49. The van der Waals surface area contributed by atoms with Crippen molar-refractivity contribution in [3.8, 4) is 0 Å². The summed E-state index contributed by atoms with van der Waals surface area (Å²) >= 11 is 0. The van der Waals surface area contributed by atoms with Crippen LogP contribution in [0.2, 0.25) is 0 Å². The van der Waals surface area contributed by atoms with Gasteiger partial charge < -0.3 is 14.6 Å². The number of morpholine rings is 1. The van der Waals surface area contributed by atoms with Gasteiger partial charge in [0.2, 0.25) is 0 Å². The molecule has 0 aromatic rings. The van der Waals surface area contributed by atoms with E-state index in [-0.39, 0.29) is 12.7 Å². The van der Waals surface area contributed by atoms with Gasteiger partial charge >= 0.3 is 0 Å². The van der Waals surface area contributed by atoms with Crippen LogP contribution in [0.1, 0.15) is 39.0 Å². The Bertz CT molecular complexity index is 244. The van der Waals surface area contributed by atoms with Crippen LogP contribution >= 0.6 is 0 Å². The molecule has 0 amide bonds. The summed E-state index contributed by atoms with van der Waals surface area (Å²) in [5, 5.41) is 9.17. The lowest BCUT2D eigenvalue weighted by Gasteiger charge is -2.37. The first-order valence-corrected chi connectivity index (χ1v) is 7.84. The molecule has 4 heteroatoms. The molecule has 0 saturated carbocycles. The second-order valence-electron chi connectivity index (χ2n) is 6.03. The van der Waals surface area contributed by atoms with Gasteiger partial charge in [0.25, 0.3) is 0 Å². The van der Waals surface area contributed by atoms with Crippen molar-refractivity contribution in [1.82, 2.24) is 4.90 Å². The number of hydrogen-bond acceptors (Lipinski definition) is 4. The fraction of sp³-hybridized carbons (Fsp3) is 1.00. The maximum absolute atomic E-state index is 9.17. The molecule has 112 valence electrons. The summed E-state index contributed by atoms with van der Waals surface area (Å²) in [4.78, 5) is 2.47. The molecule has 2 atom stereocenters. The molecular formula is C15H29NO3. The number of ether oxygens (including phenoxy) is 2. The number of unbranched alkanes of at least 4 members (excludes halogenated alkanes) is 1. The third kappa shape index (κ3) is 5.03. The Hall–Kier alpha value is -0.160. The minimum absolute atomic E-state index is 0.0201. The minimum Gasteiger partial charge on any atom is -0.394 e. The second kappa shape index (κ2) is 8.20. The maximum atomic E-state index is 9.17. The Balaban J connectivity index is 1.58. The Morgan fingerprint density at radius 3 is 2.74 bits per heavy atom. The van der Waals surface area contributed by atoms with E-state index < -0.39 is 0 Å². The van der Waals surface area contributed by atoms with Crippen LogP contribution in [0.5, 0.6) is 0 Å². The molecule has 2 heterocycles. The Kier molecular flexibility index (Phi) is 6.57. The molecule has 2 aliphatic heterocycles. The number of nitrogens with zero attached hydrogens (tertiary/aromatic N) is 1. The third-order valence-electron chi connectivity index (χ3n) is 4.49. The molecule has 4 nitrogen and oxygen atoms in total. The maximum Gasteiger partial charge on any atom is 0.0933 e. The molecule has 0 aliphatic carbocycles. The van der Waals surface area contributed by atoms with Crippen molar-refractivity contribution in [1.29, 1.82) is 0 Å². The van der Waals surface area contributed by atoms with Gasteiger partial charge in [-0.2, -0.15) is 0 Å². The highest BCUT2D eigenvalue weighted by Gasteiger charge is 2.25. The summed E-state index contributed by atoms with van der Waals surface area (Å²) in [6.07, 6.45) is 6.46. The molecule has 0 aromatic carbocycles. The van der Waals surface area contributed by atoms with E-state index in [1.54, 1.807) is 0 Å². The average molecular weight is 271 g/mol. The molecule has 2 fully saturated rings. The molecule has 0 aromatic heterocycles. The van der Waals surface area contributed by atoms with Crippen molar-refractivity contribution in [2.45, 2.75) is 51.2 Å². The molecule has 0 bridgehead atoms. The molecular weight excluding hydrogens is 242 g/mol. The van der Waals surface area contributed by atoms with E-state index in [0.717, 1.165) is 38.8 Å². The summed E-state index contributed by atoms with van der Waals surface area (Å²) < 4.78 is 11.0. The van der Waals surface area contributed by atoms with Crippen LogP contribution in [-0.2, 0) is 9.47 Å². The fourth-order valence-electron chi connectivity index (χ4n) is 3.08. The predicted octanol–water partition coefficient (Wildman–Crippen LogP) is 1.66. The predicted molar refractivity (Wildman–Crippen MR) is 75.3 cm³/mol. The Morgan fingerprint density at radius 2 is 2.00 bits per heavy atom. The molecule has 19 heavy (non-hydrogen) atoms. The summed E-state index contributed by atoms with van der Waals surface area (Å²) in [5.74, 6) is 0.890. The molecule has 0 radical (unpaired) electrons. The van der Waals surface area contributed by atoms with Crippen molar-refractivity contribution in [2.24, 2.45) is 5.92 Å². The highest BCUT2D eigenvalue weighted by molar-refractivity contribution is 4.77. The number of hydrogen-bond donors (Lipinski definition) is 1. The normalized spacial score (nSPS) is 30.6. The van der Waals surface area contributed by atoms with Crippen molar-refractivity contribution >= 4 is 0 Å². The molecule has 1 N–H and O–H groups in total. The van der Waals surface area contributed by atoms with Crippen LogP contribution in [0.15, 0.2) is 0 Å². The minimum atomic E-state index is 0.0201. The van der Waals surface area contributed by atoms with Crippen LogP contribution < -0.4 is 0 Å². The average Bonchev–Trinajstić information content (AvgIpc) is 2.46. The van der Waals surface area contributed by atoms with Crippen molar-refractivity contribution in [3.05, 3.63) is 0 Å². The molecule has 0 unspecified atom stereocenters. The highest BCUT2D eigenvalue weighted by atomic mass is 16.5. The summed E-state index contributed by atoms with van der Waals surface area (Å²) in [7, 11) is 0. The van der Waals surface area contributed by atoms with Gasteiger partial charge in [-0.3, -0.25) is 4.90 Å². The van der Waals surface area contributed by atoms with Crippen LogP contribution in [0.3, 0.4) is 0 Å². The van der Waals surface area contributed by atoms with Gasteiger partial charge in [0.05, 0.1) is 19.3 Å². The van der Waals surface area contributed by atoms with E-state index >= 15 is 0 Å². The summed E-state index contributed by atoms with van der Waals surface area (Å²) in [6, 6.07) is 0.492. The first-order chi connectivity index (χ1) is 9.29. The van der Waals surface area contributed by atoms with Gasteiger partial charge in [-0.15, -0.1) is 0 Å². The zero-order valence-corrected chi connectivity index (χ0v) is 12.2. The van der Waals surface area contributed by atoms with E-state index in [1.165, 1.54) is 32.1 Å². The van der Waals surface area contributed by atoms with Crippen molar-refractivity contribution in [3.63, 3.8) is 0 Å². The van der Waals surface area contributed by atoms with Gasteiger partial charge in [0.15, 0.2) is 0 Å². The van der Waals surface area contributed by atoms with Crippen LogP contribution in [-0.4, -0.2) is 61.7 Å². The van der Waals surface area contributed by atoms with Gasteiger partial charge in [0, 0.05) is 25.8 Å². The Morgan fingerprint density at radius 1 is 1.21 bits per heavy atom.